The van der Waals surface area contributed by atoms with Gasteiger partial charge in [0.15, 0.2) is 11.4 Å². The largest absolute Gasteiger partial charge is 0.508 e. The number of aliphatic hydroxyl groups excluding tert-OH is 2. The van der Waals surface area contributed by atoms with Crippen LogP contribution in [-0.2, 0) is 27.3 Å². The number of benzene rings is 1. The molecule has 1 amide bonds. The lowest BCUT2D eigenvalue weighted by Gasteiger charge is -2.50. The van der Waals surface area contributed by atoms with Crippen LogP contribution in [0.25, 0.3) is 5.76 Å². The van der Waals surface area contributed by atoms with E-state index in [2.05, 4.69) is 11.8 Å². The number of primary amides is 1. The summed E-state index contributed by atoms with van der Waals surface area (Å²) in [5.74, 6) is -5.55. The number of phenolic OH excluding ortho intramolecular Hbond substituents is 1. The quantitative estimate of drug-likeness (QED) is 0.289. The number of hydrogen-bond acceptors (Lipinski definition) is 10. The summed E-state index contributed by atoms with van der Waals surface area (Å²) in [6.45, 7) is 4.37. The first-order valence-electron chi connectivity index (χ1n) is 14.1. The highest BCUT2D eigenvalue weighted by Crippen LogP contribution is 2.54. The Balaban J connectivity index is 1.62. The molecule has 4 aliphatic rings. The van der Waals surface area contributed by atoms with Gasteiger partial charge in [0.25, 0.3) is 5.91 Å². The number of nitrogens with zero attached hydrogens (tertiary/aromatic N) is 2. The average molecular weight is 570 g/mol. The minimum Gasteiger partial charge on any atom is -0.508 e. The highest BCUT2D eigenvalue weighted by molar-refractivity contribution is 6.24. The SMILES string of the molecule is CCN(Cc1cc(O)c2c(c1OC)C[C@H]1C[C@H]3[C@H](N(C)C)C(=O)C(C(N)=O)=C(O)[C@@]3(O)C(=O)C1=C2O)CC1CCC1. The number of phenols is 1. The number of Topliss-reactive ketones (excluding diaryl/α,β-unsaturated/α-hetero) is 2. The van der Waals surface area contributed by atoms with Gasteiger partial charge in [-0.1, -0.05) is 13.3 Å². The van der Waals surface area contributed by atoms with Crippen molar-refractivity contribution in [3.63, 3.8) is 0 Å². The van der Waals surface area contributed by atoms with Crippen LogP contribution >= 0.6 is 0 Å². The number of rotatable bonds is 8. The number of amides is 1. The Morgan fingerprint density at radius 2 is 1.88 bits per heavy atom. The number of aliphatic hydroxyl groups is 3. The van der Waals surface area contributed by atoms with Crippen LogP contribution in [0.4, 0.5) is 0 Å². The lowest BCUT2D eigenvalue weighted by Crippen LogP contribution is -2.65. The van der Waals surface area contributed by atoms with E-state index in [-0.39, 0.29) is 29.7 Å². The number of ketones is 2. The molecule has 11 nitrogen and oxygen atoms in total. The molecule has 2 saturated carbocycles. The molecule has 0 radical (unpaired) electrons. The predicted octanol–water partition coefficient (Wildman–Crippen LogP) is 1.59. The van der Waals surface area contributed by atoms with Crippen LogP contribution in [0.5, 0.6) is 11.5 Å². The average Bonchev–Trinajstić information content (AvgIpc) is 2.87. The molecular weight excluding hydrogens is 530 g/mol. The number of nitrogens with two attached hydrogens (primary N) is 1. The summed E-state index contributed by atoms with van der Waals surface area (Å²) in [6.07, 6.45) is 3.87. The first-order chi connectivity index (χ1) is 19.4. The predicted molar refractivity (Wildman–Crippen MR) is 149 cm³/mol. The molecule has 2 fully saturated rings. The number of likely N-dealkylation sites (N-methyl/N-ethyl adjacent to an activating group) is 1. The van der Waals surface area contributed by atoms with Gasteiger partial charge in [-0.05, 0) is 64.2 Å². The van der Waals surface area contributed by atoms with Gasteiger partial charge >= 0.3 is 0 Å². The molecule has 1 aromatic carbocycles. The fourth-order valence-corrected chi connectivity index (χ4v) is 7.31. The Bertz CT molecular complexity index is 1380. The minimum atomic E-state index is -2.66. The fraction of sp³-hybridized carbons (Fsp3) is 0.567. The van der Waals surface area contributed by atoms with Crippen LogP contribution < -0.4 is 10.5 Å². The normalized spacial score (nSPS) is 28.0. The van der Waals surface area contributed by atoms with Crippen LogP contribution in [0.2, 0.25) is 0 Å². The fourth-order valence-electron chi connectivity index (χ4n) is 7.31. The van der Waals surface area contributed by atoms with Crippen molar-refractivity contribution in [2.45, 2.75) is 57.2 Å². The molecule has 4 aliphatic carbocycles. The summed E-state index contributed by atoms with van der Waals surface area (Å²) in [4.78, 5) is 43.2. The molecular formula is C30H39N3O8. The molecule has 0 heterocycles. The molecule has 0 bridgehead atoms. The monoisotopic (exact) mass is 569 g/mol. The number of aromatic hydroxyl groups is 1. The third-order valence-corrected chi connectivity index (χ3v) is 9.53. The molecule has 222 valence electrons. The lowest BCUT2D eigenvalue weighted by atomic mass is 9.57. The zero-order valence-corrected chi connectivity index (χ0v) is 23.9. The summed E-state index contributed by atoms with van der Waals surface area (Å²) >= 11 is 0. The number of carbonyl (C=O) groups excluding carboxylic acids is 3. The van der Waals surface area contributed by atoms with Crippen LogP contribution in [0.15, 0.2) is 23.0 Å². The number of fused-ring (bicyclic) bond motifs is 3. The Labute approximate surface area is 238 Å². The molecule has 11 heteroatoms. The first kappa shape index (κ1) is 29.1. The van der Waals surface area contributed by atoms with Gasteiger partial charge in [0.05, 0.1) is 18.7 Å². The van der Waals surface area contributed by atoms with Gasteiger partial charge in [-0.25, -0.2) is 0 Å². The second kappa shape index (κ2) is 10.5. The van der Waals surface area contributed by atoms with Crippen molar-refractivity contribution in [3.8, 4) is 11.5 Å². The van der Waals surface area contributed by atoms with Gasteiger partial charge in [-0.15, -0.1) is 0 Å². The Hall–Kier alpha value is -3.41. The van der Waals surface area contributed by atoms with E-state index in [1.54, 1.807) is 14.1 Å². The highest BCUT2D eigenvalue weighted by atomic mass is 16.5. The van der Waals surface area contributed by atoms with Crippen molar-refractivity contribution in [1.29, 1.82) is 0 Å². The molecule has 0 aliphatic heterocycles. The molecule has 41 heavy (non-hydrogen) atoms. The van der Waals surface area contributed by atoms with Gasteiger partial charge < -0.3 is 30.9 Å². The van der Waals surface area contributed by atoms with Crippen LogP contribution in [0.1, 0.15) is 49.3 Å². The summed E-state index contributed by atoms with van der Waals surface area (Å²) in [5.41, 5.74) is 3.03. The maximum Gasteiger partial charge on any atom is 0.255 e. The van der Waals surface area contributed by atoms with Crippen molar-refractivity contribution in [3.05, 3.63) is 39.7 Å². The van der Waals surface area contributed by atoms with Gasteiger partial charge in [-0.3, -0.25) is 24.2 Å². The second-order valence-corrected chi connectivity index (χ2v) is 12.0. The second-order valence-electron chi connectivity index (χ2n) is 12.0. The molecule has 4 atom stereocenters. The van der Waals surface area contributed by atoms with Crippen molar-refractivity contribution >= 4 is 23.2 Å². The lowest BCUT2D eigenvalue weighted by molar-refractivity contribution is -0.153. The van der Waals surface area contributed by atoms with Crippen molar-refractivity contribution < 1.29 is 39.5 Å². The topological polar surface area (TPSA) is 174 Å². The van der Waals surface area contributed by atoms with Crippen LogP contribution in [0.3, 0.4) is 0 Å². The van der Waals surface area contributed by atoms with E-state index in [0.717, 1.165) is 18.7 Å². The summed E-state index contributed by atoms with van der Waals surface area (Å²) in [7, 11) is 4.67. The molecule has 0 spiro atoms. The van der Waals surface area contributed by atoms with Crippen LogP contribution in [0, 0.1) is 17.8 Å². The van der Waals surface area contributed by atoms with E-state index in [4.69, 9.17) is 10.5 Å². The standard InChI is InChI=1S/C30H39N3O8/c1-5-33(12-14-7-6-8-14)13-16-11-19(34)21-17(26(16)41-4)9-15-10-18-23(32(2)3)25(36)22(29(31)39)28(38)30(18,40)27(37)20(15)24(21)35/h11,14-15,18,23,34-35,38,40H,5-10,12-13H2,1-4H3,(H2,31,39)/t15-,18-,23-,30-/m0/s1. The first-order valence-corrected chi connectivity index (χ1v) is 14.1. The van der Waals surface area contributed by atoms with Gasteiger partial charge in [0, 0.05) is 35.7 Å². The van der Waals surface area contributed by atoms with E-state index < -0.39 is 58.0 Å². The summed E-state index contributed by atoms with van der Waals surface area (Å²) in [5, 5.41) is 45.3. The smallest absolute Gasteiger partial charge is 0.255 e. The highest BCUT2D eigenvalue weighted by Gasteiger charge is 2.64. The molecule has 6 N–H and O–H groups in total. The van der Waals surface area contributed by atoms with Gasteiger partial charge in [0.2, 0.25) is 5.78 Å². The Morgan fingerprint density at radius 1 is 1.20 bits per heavy atom. The molecule has 1 aromatic rings. The van der Waals surface area contributed by atoms with Crippen molar-refractivity contribution in [2.24, 2.45) is 23.5 Å². The molecule has 0 unspecified atom stereocenters. The maximum atomic E-state index is 14.0. The third-order valence-electron chi connectivity index (χ3n) is 9.53. The van der Waals surface area contributed by atoms with E-state index in [0.29, 0.717) is 23.8 Å². The summed E-state index contributed by atoms with van der Waals surface area (Å²) < 4.78 is 5.84. The van der Waals surface area contributed by atoms with Crippen LogP contribution in [-0.4, -0.2) is 93.6 Å². The van der Waals surface area contributed by atoms with Gasteiger partial charge in [-0.2, -0.15) is 0 Å². The zero-order valence-electron chi connectivity index (χ0n) is 23.9. The van der Waals surface area contributed by atoms with Crippen molar-refractivity contribution in [1.82, 2.24) is 9.80 Å². The van der Waals surface area contributed by atoms with Gasteiger partial charge in [0.1, 0.15) is 28.6 Å². The Kier molecular flexibility index (Phi) is 7.42. The van der Waals surface area contributed by atoms with E-state index in [1.807, 2.05) is 0 Å². The zero-order chi connectivity index (χ0) is 30.0. The third kappa shape index (κ3) is 4.33. The van der Waals surface area contributed by atoms with E-state index in [1.165, 1.54) is 37.3 Å². The molecule has 0 aromatic heterocycles. The Morgan fingerprint density at radius 3 is 2.41 bits per heavy atom. The number of carbonyl (C=O) groups is 3. The molecule has 5 rings (SSSR count). The van der Waals surface area contributed by atoms with E-state index in [9.17, 15) is 34.8 Å². The summed E-state index contributed by atoms with van der Waals surface area (Å²) in [6, 6.07) is 0.408. The van der Waals surface area contributed by atoms with Crippen molar-refractivity contribution in [2.75, 3.05) is 34.3 Å². The number of hydrogen-bond donors (Lipinski definition) is 5. The van der Waals surface area contributed by atoms with E-state index >= 15 is 0 Å². The maximum absolute atomic E-state index is 14.0. The number of ether oxygens (including phenoxy) is 1. The molecule has 0 saturated heterocycles. The number of methoxy groups -OCH3 is 1. The minimum absolute atomic E-state index is 0.0304.